The summed E-state index contributed by atoms with van der Waals surface area (Å²) in [6.07, 6.45) is 3.61. The van der Waals surface area contributed by atoms with Gasteiger partial charge in [-0.15, -0.1) is 0 Å². The maximum atomic E-state index is 5.71. The van der Waals surface area contributed by atoms with Crippen molar-refractivity contribution in [2.75, 3.05) is 13.2 Å². The molecule has 0 radical (unpaired) electrons. The number of hydrogen-bond donors (Lipinski definition) is 1. The molecule has 0 unspecified atom stereocenters. The Morgan fingerprint density at radius 3 is 2.67 bits per heavy atom. The third-order valence-corrected chi connectivity index (χ3v) is 3.77. The summed E-state index contributed by atoms with van der Waals surface area (Å²) in [6, 6.07) is 7.94. The lowest BCUT2D eigenvalue weighted by Crippen LogP contribution is -2.18. The quantitative estimate of drug-likeness (QED) is 0.892. The van der Waals surface area contributed by atoms with Crippen LogP contribution in [-0.2, 0) is 0 Å². The van der Waals surface area contributed by atoms with Gasteiger partial charge in [-0.1, -0.05) is 12.1 Å². The number of benzene rings is 1. The average Bonchev–Trinajstić information content (AvgIpc) is 3.02. The molecule has 0 atom stereocenters. The number of para-hydroxylation sites is 1. The molecule has 1 aliphatic rings. The van der Waals surface area contributed by atoms with Crippen LogP contribution in [-0.4, -0.2) is 13.2 Å². The minimum Gasteiger partial charge on any atom is -0.492 e. The second kappa shape index (κ2) is 4.54. The first-order chi connectivity index (χ1) is 7.26. The third kappa shape index (κ3) is 2.73. The van der Waals surface area contributed by atoms with Crippen molar-refractivity contribution in [1.29, 1.82) is 0 Å². The van der Waals surface area contributed by atoms with Crippen LogP contribution in [0.25, 0.3) is 0 Å². The fraction of sp³-hybridized carbons (Fsp3) is 0.500. The number of hydrogen-bond acceptors (Lipinski definition) is 2. The van der Waals surface area contributed by atoms with Crippen LogP contribution in [0, 0.1) is 5.41 Å². The first kappa shape index (κ1) is 11.0. The Morgan fingerprint density at radius 1 is 1.33 bits per heavy atom. The van der Waals surface area contributed by atoms with E-state index in [4.69, 9.17) is 10.5 Å². The second-order valence-electron chi connectivity index (χ2n) is 4.23. The molecule has 2 N–H and O–H groups in total. The number of rotatable bonds is 5. The lowest BCUT2D eigenvalue weighted by atomic mass is 10.0. The van der Waals surface area contributed by atoms with Gasteiger partial charge < -0.3 is 10.5 Å². The number of halogens is 1. The summed E-state index contributed by atoms with van der Waals surface area (Å²) in [5, 5.41) is 0. The van der Waals surface area contributed by atoms with Gasteiger partial charge in [-0.05, 0) is 59.3 Å². The zero-order valence-corrected chi connectivity index (χ0v) is 10.3. The van der Waals surface area contributed by atoms with E-state index in [9.17, 15) is 0 Å². The van der Waals surface area contributed by atoms with E-state index in [1.165, 1.54) is 12.8 Å². The van der Waals surface area contributed by atoms with Crippen molar-refractivity contribution in [3.63, 3.8) is 0 Å². The molecule has 2 rings (SSSR count). The maximum absolute atomic E-state index is 5.71. The second-order valence-corrected chi connectivity index (χ2v) is 5.09. The zero-order valence-electron chi connectivity index (χ0n) is 8.71. The molecular weight excluding hydrogens is 254 g/mol. The van der Waals surface area contributed by atoms with Gasteiger partial charge in [-0.2, -0.15) is 0 Å². The molecule has 0 aromatic heterocycles. The van der Waals surface area contributed by atoms with E-state index in [0.717, 1.165) is 29.8 Å². The Hall–Kier alpha value is -0.540. The Labute approximate surface area is 98.9 Å². The topological polar surface area (TPSA) is 35.2 Å². The van der Waals surface area contributed by atoms with Crippen LogP contribution in [0.5, 0.6) is 5.75 Å². The molecule has 1 aromatic rings. The monoisotopic (exact) mass is 269 g/mol. The van der Waals surface area contributed by atoms with Crippen molar-refractivity contribution in [2.45, 2.75) is 19.3 Å². The van der Waals surface area contributed by atoms with E-state index < -0.39 is 0 Å². The van der Waals surface area contributed by atoms with E-state index in [1.54, 1.807) is 0 Å². The Balaban J connectivity index is 1.81. The minimum atomic E-state index is 0.404. The predicted molar refractivity (Wildman–Crippen MR) is 65.0 cm³/mol. The van der Waals surface area contributed by atoms with Gasteiger partial charge in [0.1, 0.15) is 5.75 Å². The van der Waals surface area contributed by atoms with Crippen molar-refractivity contribution < 1.29 is 4.74 Å². The molecule has 1 saturated carbocycles. The van der Waals surface area contributed by atoms with Crippen LogP contribution in [0.4, 0.5) is 0 Å². The lowest BCUT2D eigenvalue weighted by Gasteiger charge is -2.13. The summed E-state index contributed by atoms with van der Waals surface area (Å²) in [6.45, 7) is 1.56. The average molecular weight is 270 g/mol. The lowest BCUT2D eigenvalue weighted by molar-refractivity contribution is 0.270. The molecule has 15 heavy (non-hydrogen) atoms. The molecule has 0 heterocycles. The van der Waals surface area contributed by atoms with E-state index in [0.29, 0.717) is 5.41 Å². The molecule has 0 bridgehead atoms. The van der Waals surface area contributed by atoms with Gasteiger partial charge in [0.15, 0.2) is 0 Å². The molecule has 3 heteroatoms. The Morgan fingerprint density at radius 2 is 2.07 bits per heavy atom. The first-order valence-electron chi connectivity index (χ1n) is 5.33. The van der Waals surface area contributed by atoms with E-state index in [1.807, 2.05) is 24.3 Å². The van der Waals surface area contributed by atoms with Crippen LogP contribution in [0.2, 0.25) is 0 Å². The molecule has 0 aliphatic heterocycles. The smallest absolute Gasteiger partial charge is 0.133 e. The summed E-state index contributed by atoms with van der Waals surface area (Å²) < 4.78 is 6.73. The summed E-state index contributed by atoms with van der Waals surface area (Å²) in [5.74, 6) is 0.922. The largest absolute Gasteiger partial charge is 0.492 e. The SMILES string of the molecule is NCC1(CCOc2ccccc2Br)CC1. The summed E-state index contributed by atoms with van der Waals surface area (Å²) >= 11 is 3.46. The van der Waals surface area contributed by atoms with Crippen LogP contribution >= 0.6 is 15.9 Å². The maximum Gasteiger partial charge on any atom is 0.133 e. The van der Waals surface area contributed by atoms with Crippen LogP contribution in [0.3, 0.4) is 0 Å². The van der Waals surface area contributed by atoms with Gasteiger partial charge in [0.05, 0.1) is 11.1 Å². The van der Waals surface area contributed by atoms with E-state index in [-0.39, 0.29) is 0 Å². The summed E-state index contributed by atoms with van der Waals surface area (Å²) in [7, 11) is 0. The standard InChI is InChI=1S/C12H16BrNO/c13-10-3-1-2-4-11(10)15-8-7-12(9-14)5-6-12/h1-4H,5-9,14H2. The van der Waals surface area contributed by atoms with Crippen LogP contribution in [0.15, 0.2) is 28.7 Å². The van der Waals surface area contributed by atoms with Crippen molar-refractivity contribution in [2.24, 2.45) is 11.1 Å². The molecule has 1 aliphatic carbocycles. The molecule has 1 fully saturated rings. The zero-order chi connectivity index (χ0) is 10.7. The van der Waals surface area contributed by atoms with Crippen molar-refractivity contribution in [3.8, 4) is 5.75 Å². The molecule has 2 nitrogen and oxygen atoms in total. The van der Waals surface area contributed by atoms with Gasteiger partial charge in [-0.3, -0.25) is 0 Å². The molecule has 0 saturated heterocycles. The van der Waals surface area contributed by atoms with Gasteiger partial charge in [-0.25, -0.2) is 0 Å². The highest BCUT2D eigenvalue weighted by molar-refractivity contribution is 9.10. The Kier molecular flexibility index (Phi) is 3.32. The minimum absolute atomic E-state index is 0.404. The fourth-order valence-corrected chi connectivity index (χ4v) is 2.07. The highest BCUT2D eigenvalue weighted by Gasteiger charge is 2.40. The van der Waals surface area contributed by atoms with Crippen molar-refractivity contribution >= 4 is 15.9 Å². The van der Waals surface area contributed by atoms with Gasteiger partial charge in [0.2, 0.25) is 0 Å². The normalized spacial score (nSPS) is 17.5. The highest BCUT2D eigenvalue weighted by atomic mass is 79.9. The summed E-state index contributed by atoms with van der Waals surface area (Å²) in [4.78, 5) is 0. The third-order valence-electron chi connectivity index (χ3n) is 3.12. The molecule has 0 spiro atoms. The van der Waals surface area contributed by atoms with Crippen LogP contribution < -0.4 is 10.5 Å². The van der Waals surface area contributed by atoms with Gasteiger partial charge in [0.25, 0.3) is 0 Å². The fourth-order valence-electron chi connectivity index (χ4n) is 1.67. The van der Waals surface area contributed by atoms with Crippen molar-refractivity contribution in [1.82, 2.24) is 0 Å². The highest BCUT2D eigenvalue weighted by Crippen LogP contribution is 2.47. The van der Waals surface area contributed by atoms with E-state index in [2.05, 4.69) is 15.9 Å². The molecule has 0 amide bonds. The van der Waals surface area contributed by atoms with Crippen LogP contribution in [0.1, 0.15) is 19.3 Å². The first-order valence-corrected chi connectivity index (χ1v) is 6.12. The van der Waals surface area contributed by atoms with Gasteiger partial charge >= 0.3 is 0 Å². The van der Waals surface area contributed by atoms with Crippen molar-refractivity contribution in [3.05, 3.63) is 28.7 Å². The number of nitrogens with two attached hydrogens (primary N) is 1. The molecule has 82 valence electrons. The molecular formula is C12H16BrNO. The predicted octanol–water partition coefficient (Wildman–Crippen LogP) is 2.96. The summed E-state index contributed by atoms with van der Waals surface area (Å²) in [5.41, 5.74) is 6.12. The number of ether oxygens (including phenoxy) is 1. The van der Waals surface area contributed by atoms with E-state index >= 15 is 0 Å². The van der Waals surface area contributed by atoms with Gasteiger partial charge in [0, 0.05) is 0 Å². The molecule has 1 aromatic carbocycles. The Bertz CT molecular complexity index is 336.